The number of anilines is 1. The third-order valence-electron chi connectivity index (χ3n) is 2.81. The maximum absolute atomic E-state index is 12.2. The lowest BCUT2D eigenvalue weighted by molar-refractivity contribution is 0.0999. The van der Waals surface area contributed by atoms with Gasteiger partial charge in [0, 0.05) is 18.8 Å². The van der Waals surface area contributed by atoms with Gasteiger partial charge in [0.1, 0.15) is 11.4 Å². The summed E-state index contributed by atoms with van der Waals surface area (Å²) in [6, 6.07) is 1.78. The lowest BCUT2D eigenvalue weighted by Crippen LogP contribution is -2.17. The Morgan fingerprint density at radius 3 is 2.70 bits per heavy atom. The van der Waals surface area contributed by atoms with Crippen LogP contribution in [-0.4, -0.2) is 26.5 Å². The zero-order valence-electron chi connectivity index (χ0n) is 11.6. The predicted octanol–water partition coefficient (Wildman–Crippen LogP) is 2.38. The van der Waals surface area contributed by atoms with E-state index in [-0.39, 0.29) is 11.7 Å². The molecule has 0 atom stereocenters. The fourth-order valence-electron chi connectivity index (χ4n) is 1.72. The van der Waals surface area contributed by atoms with Crippen molar-refractivity contribution in [1.82, 2.24) is 14.8 Å². The van der Waals surface area contributed by atoms with E-state index >= 15 is 0 Å². The molecule has 0 aromatic carbocycles. The van der Waals surface area contributed by atoms with Crippen LogP contribution in [0.1, 0.15) is 47.4 Å². The molecule has 2 rings (SSSR count). The van der Waals surface area contributed by atoms with E-state index in [1.165, 1.54) is 18.3 Å². The second-order valence-corrected chi connectivity index (χ2v) is 5.10. The van der Waals surface area contributed by atoms with Gasteiger partial charge < -0.3 is 0 Å². The molecule has 1 N–H and O–H groups in total. The molecule has 0 unspecified atom stereocenters. The minimum atomic E-state index is -0.261. The minimum absolute atomic E-state index is 0.117. The summed E-state index contributed by atoms with van der Waals surface area (Å²) in [4.78, 5) is 27.5. The van der Waals surface area contributed by atoms with Gasteiger partial charge in [-0.2, -0.15) is 5.10 Å². The molecular weight excluding hydrogens is 276 g/mol. The molecule has 0 aliphatic heterocycles. The molecule has 6 nitrogen and oxygen atoms in total. The van der Waals surface area contributed by atoms with E-state index in [0.29, 0.717) is 23.1 Å². The van der Waals surface area contributed by atoms with Crippen LogP contribution in [0.4, 0.5) is 5.13 Å². The first-order valence-corrected chi connectivity index (χ1v) is 7.27. The first kappa shape index (κ1) is 14.4. The highest BCUT2D eigenvalue weighted by Gasteiger charge is 2.16. The number of hydrogen-bond acceptors (Lipinski definition) is 5. The van der Waals surface area contributed by atoms with Gasteiger partial charge >= 0.3 is 0 Å². The van der Waals surface area contributed by atoms with Crippen LogP contribution in [0.2, 0.25) is 0 Å². The van der Waals surface area contributed by atoms with Gasteiger partial charge in [-0.05, 0) is 19.4 Å². The summed E-state index contributed by atoms with van der Waals surface area (Å²) in [6.45, 7) is 5.99. The van der Waals surface area contributed by atoms with Crippen molar-refractivity contribution in [2.75, 3.05) is 5.32 Å². The number of nitrogens with one attached hydrogen (secondary N) is 1. The number of thiazole rings is 1. The predicted molar refractivity (Wildman–Crippen MR) is 77.4 cm³/mol. The highest BCUT2D eigenvalue weighted by Crippen LogP contribution is 2.17. The van der Waals surface area contributed by atoms with E-state index < -0.39 is 0 Å². The van der Waals surface area contributed by atoms with Gasteiger partial charge in [-0.25, -0.2) is 4.98 Å². The van der Waals surface area contributed by atoms with E-state index in [1.54, 1.807) is 16.1 Å². The molecule has 1 amide bonds. The molecule has 0 aliphatic rings. The number of aryl methyl sites for hydroxylation is 2. The van der Waals surface area contributed by atoms with E-state index in [4.69, 9.17) is 0 Å². The van der Waals surface area contributed by atoms with Gasteiger partial charge in [-0.1, -0.05) is 6.92 Å². The summed E-state index contributed by atoms with van der Waals surface area (Å²) >= 11 is 1.23. The maximum atomic E-state index is 12.2. The molecule has 2 aromatic heterocycles. The highest BCUT2D eigenvalue weighted by molar-refractivity contribution is 7.14. The van der Waals surface area contributed by atoms with Crippen molar-refractivity contribution in [3.05, 3.63) is 28.5 Å². The largest absolute Gasteiger partial charge is 0.296 e. The Bertz CT molecular complexity index is 645. The van der Waals surface area contributed by atoms with Crippen LogP contribution in [0.3, 0.4) is 0 Å². The number of ketones is 1. The van der Waals surface area contributed by atoms with Crippen LogP contribution in [0, 0.1) is 0 Å². The van der Waals surface area contributed by atoms with Crippen molar-refractivity contribution in [2.45, 2.75) is 33.7 Å². The van der Waals surface area contributed by atoms with Crippen molar-refractivity contribution in [1.29, 1.82) is 0 Å². The Hall–Kier alpha value is -2.02. The van der Waals surface area contributed by atoms with Crippen LogP contribution < -0.4 is 5.32 Å². The molecule has 0 bridgehead atoms. The Morgan fingerprint density at radius 2 is 2.15 bits per heavy atom. The van der Waals surface area contributed by atoms with Gasteiger partial charge in [-0.15, -0.1) is 11.3 Å². The van der Waals surface area contributed by atoms with Crippen molar-refractivity contribution in [3.8, 4) is 0 Å². The number of Topliss-reactive ketones (excluding diaryl/α,β-unsaturated/α-hetero) is 1. The fraction of sp³-hybridized carbons (Fsp3) is 0.385. The lowest BCUT2D eigenvalue weighted by Gasteiger charge is -2.03. The van der Waals surface area contributed by atoms with E-state index in [9.17, 15) is 9.59 Å². The van der Waals surface area contributed by atoms with Gasteiger partial charge in [0.05, 0.1) is 5.69 Å². The quantitative estimate of drug-likeness (QED) is 0.858. The Balaban J connectivity index is 2.18. The van der Waals surface area contributed by atoms with Crippen LogP contribution >= 0.6 is 11.3 Å². The third-order valence-corrected chi connectivity index (χ3v) is 3.57. The molecule has 0 radical (unpaired) electrons. The number of carbonyl (C=O) groups excluding carboxylic acids is 2. The molecule has 2 aromatic rings. The average molecular weight is 292 g/mol. The molecule has 106 valence electrons. The second-order valence-electron chi connectivity index (χ2n) is 4.24. The number of nitrogens with zero attached hydrogens (tertiary/aromatic N) is 3. The van der Waals surface area contributed by atoms with Gasteiger partial charge in [0.25, 0.3) is 5.91 Å². The van der Waals surface area contributed by atoms with Crippen molar-refractivity contribution in [2.24, 2.45) is 0 Å². The smallest absolute Gasteiger partial charge is 0.275 e. The Morgan fingerprint density at radius 1 is 1.40 bits per heavy atom. The van der Waals surface area contributed by atoms with E-state index in [0.717, 1.165) is 12.1 Å². The summed E-state index contributed by atoms with van der Waals surface area (Å²) in [5, 5.41) is 9.08. The van der Waals surface area contributed by atoms with Gasteiger partial charge in [0.2, 0.25) is 0 Å². The van der Waals surface area contributed by atoms with E-state index in [2.05, 4.69) is 15.4 Å². The maximum Gasteiger partial charge on any atom is 0.275 e. The monoisotopic (exact) mass is 292 g/mol. The molecule has 0 fully saturated rings. The molecule has 0 saturated heterocycles. The van der Waals surface area contributed by atoms with E-state index in [1.807, 2.05) is 13.8 Å². The molecule has 20 heavy (non-hydrogen) atoms. The number of rotatable bonds is 5. The number of aromatic nitrogens is 3. The van der Waals surface area contributed by atoms with Crippen molar-refractivity contribution in [3.63, 3.8) is 0 Å². The van der Waals surface area contributed by atoms with Crippen LogP contribution in [0.5, 0.6) is 0 Å². The molecule has 0 spiro atoms. The summed E-state index contributed by atoms with van der Waals surface area (Å²) in [7, 11) is 0. The summed E-state index contributed by atoms with van der Waals surface area (Å²) in [5.41, 5.74) is 1.74. The van der Waals surface area contributed by atoms with Crippen molar-refractivity contribution >= 4 is 28.2 Å². The molecule has 0 saturated carbocycles. The molecule has 2 heterocycles. The van der Waals surface area contributed by atoms with Crippen LogP contribution in [-0.2, 0) is 13.0 Å². The minimum Gasteiger partial charge on any atom is -0.296 e. The summed E-state index contributed by atoms with van der Waals surface area (Å²) in [5.74, 6) is -0.378. The molecule has 7 heteroatoms. The number of carbonyl (C=O) groups is 2. The van der Waals surface area contributed by atoms with Crippen molar-refractivity contribution < 1.29 is 9.59 Å². The highest BCUT2D eigenvalue weighted by atomic mass is 32.1. The Labute approximate surface area is 120 Å². The standard InChI is InChI=1S/C13H16N4O2S/c1-4-9-6-11(17(5-2)16-9)12(19)15-13-14-10(7-20-13)8(3)18/h6-7H,4-5H2,1-3H3,(H,14,15,19). The number of hydrogen-bond donors (Lipinski definition) is 1. The zero-order valence-corrected chi connectivity index (χ0v) is 12.5. The van der Waals surface area contributed by atoms with Crippen LogP contribution in [0.25, 0.3) is 0 Å². The lowest BCUT2D eigenvalue weighted by atomic mass is 10.3. The summed E-state index contributed by atoms with van der Waals surface area (Å²) in [6.07, 6.45) is 0.777. The van der Waals surface area contributed by atoms with Gasteiger partial charge in [0.15, 0.2) is 10.9 Å². The fourth-order valence-corrected chi connectivity index (χ4v) is 2.47. The normalized spacial score (nSPS) is 10.6. The first-order chi connectivity index (χ1) is 9.55. The molecule has 0 aliphatic carbocycles. The van der Waals surface area contributed by atoms with Crippen LogP contribution in [0.15, 0.2) is 11.4 Å². The molecular formula is C13H16N4O2S. The van der Waals surface area contributed by atoms with Gasteiger partial charge in [-0.3, -0.25) is 19.6 Å². The topological polar surface area (TPSA) is 76.9 Å². The summed E-state index contributed by atoms with van der Waals surface area (Å²) < 4.78 is 1.66. The SMILES string of the molecule is CCc1cc(C(=O)Nc2nc(C(C)=O)cs2)n(CC)n1. The zero-order chi connectivity index (χ0) is 14.7. The first-order valence-electron chi connectivity index (χ1n) is 6.39. The second kappa shape index (κ2) is 5.96. The average Bonchev–Trinajstić information content (AvgIpc) is 3.04. The third kappa shape index (κ3) is 2.93. The Kier molecular flexibility index (Phi) is 4.29. The number of amides is 1.